The number of anilines is 2. The van der Waals surface area contributed by atoms with Crippen LogP contribution in [0.15, 0.2) is 24.5 Å². The highest BCUT2D eigenvalue weighted by molar-refractivity contribution is 6.35. The minimum atomic E-state index is -0.733. The normalized spacial score (nSPS) is 10.2. The third-order valence-corrected chi connectivity index (χ3v) is 2.92. The van der Waals surface area contributed by atoms with Crippen LogP contribution in [0.1, 0.15) is 10.5 Å². The Hall–Kier alpha value is -1.92. The molecule has 8 heteroatoms. The van der Waals surface area contributed by atoms with Crippen molar-refractivity contribution in [2.45, 2.75) is 0 Å². The molecule has 2 aromatic rings. The van der Waals surface area contributed by atoms with Gasteiger partial charge in [-0.1, -0.05) is 23.2 Å². The van der Waals surface area contributed by atoms with Gasteiger partial charge in [0, 0.05) is 12.7 Å². The Bertz CT molecular complexity index is 643. The van der Waals surface area contributed by atoms with Crippen LogP contribution in [0.4, 0.5) is 15.9 Å². The number of rotatable bonds is 3. The van der Waals surface area contributed by atoms with Crippen LogP contribution in [-0.4, -0.2) is 22.9 Å². The number of benzene rings is 1. The average molecular weight is 315 g/mol. The van der Waals surface area contributed by atoms with Crippen LogP contribution < -0.4 is 10.6 Å². The summed E-state index contributed by atoms with van der Waals surface area (Å²) >= 11 is 11.3. The van der Waals surface area contributed by atoms with Gasteiger partial charge in [0.15, 0.2) is 5.82 Å². The van der Waals surface area contributed by atoms with E-state index in [1.165, 1.54) is 24.5 Å². The predicted molar refractivity (Wildman–Crippen MR) is 76.0 cm³/mol. The lowest BCUT2D eigenvalue weighted by Gasteiger charge is -2.07. The number of hydrogen-bond donors (Lipinski definition) is 2. The van der Waals surface area contributed by atoms with Gasteiger partial charge in [-0.05, 0) is 12.1 Å². The highest BCUT2D eigenvalue weighted by atomic mass is 35.5. The van der Waals surface area contributed by atoms with Crippen molar-refractivity contribution < 1.29 is 9.18 Å². The topological polar surface area (TPSA) is 66.9 Å². The smallest absolute Gasteiger partial charge is 0.275 e. The standard InChI is InChI=1S/C12H9Cl2FN4O/c1-16-10-5-17-4-9(19-10)12(20)18-6-2-7(13)11(15)8(14)3-6/h2-5H,1H3,(H,16,19)(H,18,20). The SMILES string of the molecule is CNc1cncc(C(=O)Nc2cc(Cl)c(F)c(Cl)c2)n1. The van der Waals surface area contributed by atoms with E-state index in [0.29, 0.717) is 5.82 Å². The van der Waals surface area contributed by atoms with Gasteiger partial charge >= 0.3 is 0 Å². The maximum atomic E-state index is 13.3. The summed E-state index contributed by atoms with van der Waals surface area (Å²) in [4.78, 5) is 19.9. The molecule has 0 saturated carbocycles. The third-order valence-electron chi connectivity index (χ3n) is 2.37. The Labute approximate surface area is 124 Å². The summed E-state index contributed by atoms with van der Waals surface area (Å²) in [7, 11) is 1.66. The number of halogens is 3. The second-order valence-corrected chi connectivity index (χ2v) is 4.56. The van der Waals surface area contributed by atoms with Gasteiger partial charge in [0.2, 0.25) is 0 Å². The molecule has 2 rings (SSSR count). The number of carbonyl (C=O) groups is 1. The summed E-state index contributed by atoms with van der Waals surface area (Å²) in [5.41, 5.74) is 0.372. The van der Waals surface area contributed by atoms with E-state index in [-0.39, 0.29) is 21.4 Å². The number of hydrogen-bond acceptors (Lipinski definition) is 4. The van der Waals surface area contributed by atoms with E-state index in [1.807, 2.05) is 0 Å². The maximum Gasteiger partial charge on any atom is 0.275 e. The summed E-state index contributed by atoms with van der Waals surface area (Å²) < 4.78 is 13.3. The lowest BCUT2D eigenvalue weighted by molar-refractivity contribution is 0.102. The average Bonchev–Trinajstić information content (AvgIpc) is 2.44. The van der Waals surface area contributed by atoms with Crippen LogP contribution in [-0.2, 0) is 0 Å². The van der Waals surface area contributed by atoms with Crippen LogP contribution in [0.25, 0.3) is 0 Å². The molecule has 5 nitrogen and oxygen atoms in total. The summed E-state index contributed by atoms with van der Waals surface area (Å²) in [6.07, 6.45) is 2.78. The summed E-state index contributed by atoms with van der Waals surface area (Å²) in [5.74, 6) is -0.788. The lowest BCUT2D eigenvalue weighted by atomic mass is 10.3. The molecular formula is C12H9Cl2FN4O. The number of nitrogens with zero attached hydrogens (tertiary/aromatic N) is 2. The first-order valence-corrected chi connectivity index (χ1v) is 6.22. The van der Waals surface area contributed by atoms with Crippen LogP contribution in [0.3, 0.4) is 0 Å². The Morgan fingerprint density at radius 3 is 2.50 bits per heavy atom. The number of aromatic nitrogens is 2. The zero-order chi connectivity index (χ0) is 14.7. The summed E-state index contributed by atoms with van der Waals surface area (Å²) in [5, 5.41) is 4.92. The molecule has 0 aliphatic rings. The molecule has 1 heterocycles. The lowest BCUT2D eigenvalue weighted by Crippen LogP contribution is -2.15. The molecular weight excluding hydrogens is 306 g/mol. The molecule has 1 aromatic heterocycles. The molecule has 104 valence electrons. The molecule has 0 saturated heterocycles. The van der Waals surface area contributed by atoms with Gasteiger partial charge in [-0.25, -0.2) is 9.37 Å². The fourth-order valence-electron chi connectivity index (χ4n) is 1.42. The quantitative estimate of drug-likeness (QED) is 0.854. The number of nitrogens with one attached hydrogen (secondary N) is 2. The van der Waals surface area contributed by atoms with Crippen molar-refractivity contribution in [3.8, 4) is 0 Å². The fraction of sp³-hybridized carbons (Fsp3) is 0.0833. The van der Waals surface area contributed by atoms with Crippen molar-refractivity contribution in [1.82, 2.24) is 9.97 Å². The predicted octanol–water partition coefficient (Wildman–Crippen LogP) is 3.22. The third kappa shape index (κ3) is 3.15. The monoisotopic (exact) mass is 314 g/mol. The number of carbonyl (C=O) groups excluding carboxylic acids is 1. The van der Waals surface area contributed by atoms with E-state index in [1.54, 1.807) is 7.05 Å². The van der Waals surface area contributed by atoms with Crippen molar-refractivity contribution in [2.24, 2.45) is 0 Å². The van der Waals surface area contributed by atoms with Gasteiger partial charge in [0.1, 0.15) is 11.5 Å². The van der Waals surface area contributed by atoms with Gasteiger partial charge in [0.05, 0.1) is 22.4 Å². The first-order valence-electron chi connectivity index (χ1n) is 5.47. The van der Waals surface area contributed by atoms with Gasteiger partial charge in [0.25, 0.3) is 5.91 Å². The second-order valence-electron chi connectivity index (χ2n) is 3.75. The molecule has 1 amide bonds. The van der Waals surface area contributed by atoms with E-state index in [4.69, 9.17) is 23.2 Å². The largest absolute Gasteiger partial charge is 0.372 e. The van der Waals surface area contributed by atoms with Gasteiger partial charge < -0.3 is 10.6 Å². The Morgan fingerprint density at radius 1 is 1.25 bits per heavy atom. The second kappa shape index (κ2) is 6.02. The maximum absolute atomic E-state index is 13.3. The molecule has 1 aromatic carbocycles. The van der Waals surface area contributed by atoms with Crippen molar-refractivity contribution in [3.63, 3.8) is 0 Å². The minimum Gasteiger partial charge on any atom is -0.372 e. The van der Waals surface area contributed by atoms with E-state index >= 15 is 0 Å². The molecule has 0 aliphatic heterocycles. The zero-order valence-corrected chi connectivity index (χ0v) is 11.8. The molecule has 0 fully saturated rings. The first-order chi connectivity index (χ1) is 9.51. The van der Waals surface area contributed by atoms with Crippen molar-refractivity contribution in [2.75, 3.05) is 17.7 Å². The molecule has 0 unspecified atom stereocenters. The summed E-state index contributed by atoms with van der Waals surface area (Å²) in [6.45, 7) is 0. The van der Waals surface area contributed by atoms with E-state index in [2.05, 4.69) is 20.6 Å². The van der Waals surface area contributed by atoms with Crippen LogP contribution in [0, 0.1) is 5.82 Å². The number of amides is 1. The van der Waals surface area contributed by atoms with Gasteiger partial charge in [-0.2, -0.15) is 0 Å². The van der Waals surface area contributed by atoms with Gasteiger partial charge in [-0.3, -0.25) is 9.78 Å². The molecule has 0 radical (unpaired) electrons. The van der Waals surface area contributed by atoms with Crippen molar-refractivity contribution >= 4 is 40.6 Å². The first kappa shape index (κ1) is 14.5. The van der Waals surface area contributed by atoms with Crippen LogP contribution in [0.2, 0.25) is 10.0 Å². The van der Waals surface area contributed by atoms with E-state index < -0.39 is 11.7 Å². The Balaban J connectivity index is 2.23. The summed E-state index contributed by atoms with van der Waals surface area (Å²) in [6, 6.07) is 2.52. The zero-order valence-electron chi connectivity index (χ0n) is 10.2. The molecule has 20 heavy (non-hydrogen) atoms. The Kier molecular flexibility index (Phi) is 4.36. The molecule has 0 atom stereocenters. The van der Waals surface area contributed by atoms with Gasteiger partial charge in [-0.15, -0.1) is 0 Å². The molecule has 0 aliphatic carbocycles. The molecule has 0 spiro atoms. The Morgan fingerprint density at radius 2 is 1.90 bits per heavy atom. The van der Waals surface area contributed by atoms with Crippen molar-refractivity contribution in [1.29, 1.82) is 0 Å². The highest BCUT2D eigenvalue weighted by Gasteiger charge is 2.12. The minimum absolute atomic E-state index is 0.105. The van der Waals surface area contributed by atoms with Crippen molar-refractivity contribution in [3.05, 3.63) is 46.1 Å². The fourth-order valence-corrected chi connectivity index (χ4v) is 1.91. The highest BCUT2D eigenvalue weighted by Crippen LogP contribution is 2.27. The molecule has 2 N–H and O–H groups in total. The van der Waals surface area contributed by atoms with Crippen LogP contribution >= 0.6 is 23.2 Å². The van der Waals surface area contributed by atoms with E-state index in [9.17, 15) is 9.18 Å². The molecule has 0 bridgehead atoms. The van der Waals surface area contributed by atoms with Crippen LogP contribution in [0.5, 0.6) is 0 Å². The van der Waals surface area contributed by atoms with E-state index in [0.717, 1.165) is 0 Å².